The Hall–Kier alpha value is -3.25. The Labute approximate surface area is 236 Å². The standard InChI is InChI=1S/C31H33F2NO7/c32-20-7-3-18(4-8-20)24(36)14-13-23-27(19-5-9-21(33)10-6-19)34(31(23)40)22-11-1-17(2-12-22)15-25-28(37)30(39)29(38)26(16-35)41-25/h1-12,23-30,35-39H,13-16H2/t23-,24+,25+,26-,27-,28+,29-,30-/m1/s1. The fourth-order valence-electron chi connectivity index (χ4n) is 5.72. The molecule has 218 valence electrons. The molecule has 2 fully saturated rings. The van der Waals surface area contributed by atoms with Gasteiger partial charge in [-0.3, -0.25) is 4.79 Å². The van der Waals surface area contributed by atoms with Crippen molar-refractivity contribution in [2.24, 2.45) is 5.92 Å². The first-order chi connectivity index (χ1) is 19.7. The number of anilines is 1. The average Bonchev–Trinajstić information content (AvgIpc) is 2.98. The Bertz CT molecular complexity index is 1320. The maximum atomic E-state index is 13.7. The monoisotopic (exact) mass is 569 g/mol. The number of β-lactam (4-membered cyclic amide) rings is 1. The number of rotatable bonds is 9. The van der Waals surface area contributed by atoms with Crippen LogP contribution in [0.2, 0.25) is 0 Å². The van der Waals surface area contributed by atoms with Crippen LogP contribution in [0.15, 0.2) is 72.8 Å². The van der Waals surface area contributed by atoms with Crippen LogP contribution >= 0.6 is 0 Å². The van der Waals surface area contributed by atoms with E-state index in [0.717, 1.165) is 11.1 Å². The second-order valence-corrected chi connectivity index (χ2v) is 10.7. The number of aliphatic hydroxyl groups is 5. The van der Waals surface area contributed by atoms with Gasteiger partial charge in [-0.15, -0.1) is 0 Å². The number of benzene rings is 3. The number of nitrogens with zero attached hydrogens (tertiary/aromatic N) is 1. The van der Waals surface area contributed by atoms with Crippen LogP contribution in [0.1, 0.15) is 41.7 Å². The molecule has 3 aromatic carbocycles. The Kier molecular flexibility index (Phi) is 8.79. The van der Waals surface area contributed by atoms with Gasteiger partial charge < -0.3 is 35.2 Å². The highest BCUT2D eigenvalue weighted by Crippen LogP contribution is 2.46. The first-order valence-electron chi connectivity index (χ1n) is 13.6. The van der Waals surface area contributed by atoms with Gasteiger partial charge in [0.2, 0.25) is 5.91 Å². The summed E-state index contributed by atoms with van der Waals surface area (Å²) in [5.41, 5.74) is 2.65. The first-order valence-corrected chi connectivity index (χ1v) is 13.6. The Balaban J connectivity index is 1.31. The number of aliphatic hydroxyl groups excluding tert-OH is 5. The van der Waals surface area contributed by atoms with Gasteiger partial charge in [0, 0.05) is 12.1 Å². The number of hydrogen-bond acceptors (Lipinski definition) is 7. The molecule has 5 rings (SSSR count). The van der Waals surface area contributed by atoms with Crippen molar-refractivity contribution in [3.05, 3.63) is 101 Å². The van der Waals surface area contributed by atoms with Crippen LogP contribution in [0.3, 0.4) is 0 Å². The highest BCUT2D eigenvalue weighted by Gasteiger charge is 2.48. The highest BCUT2D eigenvalue weighted by atomic mass is 19.1. The molecule has 2 saturated heterocycles. The Morgan fingerprint density at radius 3 is 2.00 bits per heavy atom. The maximum Gasteiger partial charge on any atom is 0.233 e. The largest absolute Gasteiger partial charge is 0.394 e. The molecular weight excluding hydrogens is 536 g/mol. The lowest BCUT2D eigenvalue weighted by Gasteiger charge is -2.48. The third-order valence-corrected chi connectivity index (χ3v) is 8.07. The van der Waals surface area contributed by atoms with Gasteiger partial charge >= 0.3 is 0 Å². The fraction of sp³-hybridized carbons (Fsp3) is 0.387. The van der Waals surface area contributed by atoms with Gasteiger partial charge in [0.1, 0.15) is 36.1 Å². The molecule has 3 aromatic rings. The lowest BCUT2D eigenvalue weighted by Crippen LogP contribution is -2.59. The number of amides is 1. The molecule has 2 aliphatic heterocycles. The van der Waals surface area contributed by atoms with E-state index >= 15 is 0 Å². The van der Waals surface area contributed by atoms with Crippen LogP contribution in [0, 0.1) is 17.6 Å². The van der Waals surface area contributed by atoms with E-state index in [2.05, 4.69) is 0 Å². The van der Waals surface area contributed by atoms with Crippen LogP contribution < -0.4 is 4.90 Å². The molecule has 0 aromatic heterocycles. The molecule has 8 nitrogen and oxygen atoms in total. The molecule has 10 heteroatoms. The van der Waals surface area contributed by atoms with Gasteiger partial charge in [0.05, 0.1) is 30.8 Å². The number of halogens is 2. The molecular formula is C31H33F2NO7. The van der Waals surface area contributed by atoms with Crippen LogP contribution in [0.25, 0.3) is 0 Å². The van der Waals surface area contributed by atoms with Gasteiger partial charge in [-0.25, -0.2) is 8.78 Å². The lowest BCUT2D eigenvalue weighted by atomic mass is 9.78. The number of hydrogen-bond donors (Lipinski definition) is 5. The predicted molar refractivity (Wildman–Crippen MR) is 145 cm³/mol. The summed E-state index contributed by atoms with van der Waals surface area (Å²) >= 11 is 0. The SMILES string of the molecule is O=C1[C@H](CC[C@H](O)c2ccc(F)cc2)[C@@H](c2ccc(F)cc2)N1c1ccc(C[C@@H]2O[C@H](CO)[C@@H](O)[C@H](O)[C@H]2O)cc1. The van der Waals surface area contributed by atoms with Crippen molar-refractivity contribution in [2.75, 3.05) is 11.5 Å². The van der Waals surface area contributed by atoms with Crippen molar-refractivity contribution >= 4 is 11.6 Å². The molecule has 0 radical (unpaired) electrons. The summed E-state index contributed by atoms with van der Waals surface area (Å²) in [5.74, 6) is -1.40. The minimum absolute atomic E-state index is 0.146. The van der Waals surface area contributed by atoms with Gasteiger partial charge in [-0.1, -0.05) is 36.4 Å². The second kappa shape index (κ2) is 12.3. The maximum absolute atomic E-state index is 13.7. The van der Waals surface area contributed by atoms with Crippen LogP contribution in [0.5, 0.6) is 0 Å². The molecule has 1 amide bonds. The molecule has 0 aliphatic carbocycles. The fourth-order valence-corrected chi connectivity index (χ4v) is 5.72. The Morgan fingerprint density at radius 2 is 1.39 bits per heavy atom. The van der Waals surface area contributed by atoms with Crippen molar-refractivity contribution in [2.45, 2.75) is 61.9 Å². The van der Waals surface area contributed by atoms with E-state index in [1.807, 2.05) is 0 Å². The van der Waals surface area contributed by atoms with Gasteiger partial charge in [-0.05, 0) is 65.9 Å². The van der Waals surface area contributed by atoms with E-state index in [0.29, 0.717) is 17.7 Å². The average molecular weight is 570 g/mol. The first kappa shape index (κ1) is 29.2. The van der Waals surface area contributed by atoms with Crippen molar-refractivity contribution < 1.29 is 43.8 Å². The molecule has 41 heavy (non-hydrogen) atoms. The van der Waals surface area contributed by atoms with E-state index in [4.69, 9.17) is 4.74 Å². The zero-order chi connectivity index (χ0) is 29.3. The minimum Gasteiger partial charge on any atom is -0.394 e. The summed E-state index contributed by atoms with van der Waals surface area (Å²) < 4.78 is 32.5. The van der Waals surface area contributed by atoms with E-state index < -0.39 is 60.8 Å². The van der Waals surface area contributed by atoms with Gasteiger partial charge in [-0.2, -0.15) is 0 Å². The Morgan fingerprint density at radius 1 is 0.805 bits per heavy atom. The number of carbonyl (C=O) groups is 1. The normalized spacial score (nSPS) is 28.8. The predicted octanol–water partition coefficient (Wildman–Crippen LogP) is 2.57. The summed E-state index contributed by atoms with van der Waals surface area (Å²) in [6.45, 7) is -0.510. The summed E-state index contributed by atoms with van der Waals surface area (Å²) in [6, 6.07) is 18.1. The topological polar surface area (TPSA) is 131 Å². The zero-order valence-electron chi connectivity index (χ0n) is 22.1. The quantitative estimate of drug-likeness (QED) is 0.251. The van der Waals surface area contributed by atoms with Gasteiger partial charge in [0.25, 0.3) is 0 Å². The van der Waals surface area contributed by atoms with Crippen molar-refractivity contribution in [1.82, 2.24) is 0 Å². The molecule has 0 unspecified atom stereocenters. The zero-order valence-corrected chi connectivity index (χ0v) is 22.1. The van der Waals surface area contributed by atoms with E-state index in [-0.39, 0.29) is 24.8 Å². The van der Waals surface area contributed by atoms with Crippen LogP contribution in [-0.4, -0.2) is 68.6 Å². The summed E-state index contributed by atoms with van der Waals surface area (Å²) in [4.78, 5) is 15.0. The molecule has 0 spiro atoms. The lowest BCUT2D eigenvalue weighted by molar-refractivity contribution is -0.228. The second-order valence-electron chi connectivity index (χ2n) is 10.7. The van der Waals surface area contributed by atoms with E-state index in [9.17, 15) is 39.1 Å². The highest BCUT2D eigenvalue weighted by molar-refractivity contribution is 6.03. The molecule has 2 aliphatic rings. The van der Waals surface area contributed by atoms with Crippen LogP contribution in [0.4, 0.5) is 14.5 Å². The number of ether oxygens (including phenoxy) is 1. The molecule has 0 bridgehead atoms. The van der Waals surface area contributed by atoms with Crippen molar-refractivity contribution in [3.8, 4) is 0 Å². The number of carbonyl (C=O) groups excluding carboxylic acids is 1. The molecule has 5 N–H and O–H groups in total. The third-order valence-electron chi connectivity index (χ3n) is 8.07. The van der Waals surface area contributed by atoms with E-state index in [1.165, 1.54) is 36.4 Å². The smallest absolute Gasteiger partial charge is 0.233 e. The minimum atomic E-state index is -1.46. The molecule has 8 atom stereocenters. The van der Waals surface area contributed by atoms with E-state index in [1.54, 1.807) is 41.3 Å². The molecule has 2 heterocycles. The van der Waals surface area contributed by atoms with Crippen LogP contribution in [-0.2, 0) is 16.0 Å². The summed E-state index contributed by atoms with van der Waals surface area (Å²) in [5, 5.41) is 50.5. The van der Waals surface area contributed by atoms with Crippen molar-refractivity contribution in [1.29, 1.82) is 0 Å². The molecule has 0 saturated carbocycles. The summed E-state index contributed by atoms with van der Waals surface area (Å²) in [7, 11) is 0. The summed E-state index contributed by atoms with van der Waals surface area (Å²) in [6.07, 6.45) is -6.11. The van der Waals surface area contributed by atoms with Gasteiger partial charge in [0.15, 0.2) is 0 Å². The van der Waals surface area contributed by atoms with Crippen molar-refractivity contribution in [3.63, 3.8) is 0 Å². The third kappa shape index (κ3) is 6.04.